The molecule has 1 aliphatic heterocycles. The summed E-state index contributed by atoms with van der Waals surface area (Å²) >= 11 is 0. The molecule has 0 bridgehead atoms. The van der Waals surface area contributed by atoms with Crippen LogP contribution < -0.4 is 5.32 Å². The van der Waals surface area contributed by atoms with E-state index in [0.717, 1.165) is 18.8 Å². The van der Waals surface area contributed by atoms with Crippen LogP contribution in [0.5, 0.6) is 0 Å². The van der Waals surface area contributed by atoms with Crippen molar-refractivity contribution in [2.24, 2.45) is 5.92 Å². The first-order chi connectivity index (χ1) is 10.6. The molecule has 0 aromatic heterocycles. The van der Waals surface area contributed by atoms with E-state index in [4.69, 9.17) is 0 Å². The van der Waals surface area contributed by atoms with Gasteiger partial charge in [0.2, 0.25) is 5.91 Å². The number of carbonyl (C=O) groups excluding carboxylic acids is 1. The van der Waals surface area contributed by atoms with E-state index in [-0.39, 0.29) is 17.9 Å². The number of anilines is 1. The van der Waals surface area contributed by atoms with Gasteiger partial charge in [-0.25, -0.2) is 0 Å². The van der Waals surface area contributed by atoms with E-state index in [2.05, 4.69) is 42.3 Å². The third-order valence-electron chi connectivity index (χ3n) is 4.17. The molecule has 3 heteroatoms. The number of rotatable bonds is 3. The van der Waals surface area contributed by atoms with Crippen molar-refractivity contribution in [1.29, 1.82) is 0 Å². The quantitative estimate of drug-likeness (QED) is 0.937. The lowest BCUT2D eigenvalue weighted by Crippen LogP contribution is -2.44. The fourth-order valence-corrected chi connectivity index (χ4v) is 3.17. The molecule has 0 radical (unpaired) electrons. The maximum absolute atomic E-state index is 12.7. The summed E-state index contributed by atoms with van der Waals surface area (Å²) in [4.78, 5) is 14.9. The summed E-state index contributed by atoms with van der Waals surface area (Å²) in [6, 6.07) is 18.3. The minimum absolute atomic E-state index is 0.0934. The summed E-state index contributed by atoms with van der Waals surface area (Å²) in [6.07, 6.45) is 0. The highest BCUT2D eigenvalue weighted by atomic mass is 16.2. The Morgan fingerprint density at radius 3 is 2.50 bits per heavy atom. The van der Waals surface area contributed by atoms with Crippen molar-refractivity contribution in [3.05, 3.63) is 65.7 Å². The molecule has 22 heavy (non-hydrogen) atoms. The molecule has 0 saturated carbocycles. The van der Waals surface area contributed by atoms with Gasteiger partial charge in [0.25, 0.3) is 0 Å². The Kier molecular flexibility index (Phi) is 4.25. The Morgan fingerprint density at radius 2 is 1.77 bits per heavy atom. The van der Waals surface area contributed by atoms with Crippen molar-refractivity contribution in [3.8, 4) is 0 Å². The number of hydrogen-bond donors (Lipinski definition) is 1. The average molecular weight is 294 g/mol. The molecule has 0 saturated heterocycles. The molecule has 0 aliphatic carbocycles. The summed E-state index contributed by atoms with van der Waals surface area (Å²) in [7, 11) is 0. The van der Waals surface area contributed by atoms with Crippen molar-refractivity contribution in [3.63, 3.8) is 0 Å². The van der Waals surface area contributed by atoms with Gasteiger partial charge in [0.15, 0.2) is 0 Å². The first kappa shape index (κ1) is 14.8. The zero-order valence-corrected chi connectivity index (χ0v) is 13.1. The molecule has 1 unspecified atom stereocenters. The molecule has 0 spiro atoms. The molecule has 114 valence electrons. The van der Waals surface area contributed by atoms with Gasteiger partial charge < -0.3 is 5.32 Å². The van der Waals surface area contributed by atoms with Gasteiger partial charge in [0, 0.05) is 18.8 Å². The molecule has 1 aliphatic rings. The second kappa shape index (κ2) is 6.32. The predicted molar refractivity (Wildman–Crippen MR) is 89.4 cm³/mol. The Morgan fingerprint density at radius 1 is 1.09 bits per heavy atom. The highest BCUT2D eigenvalue weighted by molar-refractivity contribution is 5.96. The number of para-hydroxylation sites is 1. The van der Waals surface area contributed by atoms with Crippen molar-refractivity contribution in [2.45, 2.75) is 33.0 Å². The molecule has 2 aromatic rings. The fraction of sp³-hybridized carbons (Fsp3) is 0.316. The topological polar surface area (TPSA) is 32.3 Å². The summed E-state index contributed by atoms with van der Waals surface area (Å²) < 4.78 is 0. The lowest BCUT2D eigenvalue weighted by atomic mass is 10.0. The van der Waals surface area contributed by atoms with Crippen LogP contribution in [0.1, 0.15) is 25.0 Å². The second-order valence-corrected chi connectivity index (χ2v) is 6.23. The fourth-order valence-electron chi connectivity index (χ4n) is 3.17. The summed E-state index contributed by atoms with van der Waals surface area (Å²) in [5, 5.41) is 3.09. The van der Waals surface area contributed by atoms with Crippen LogP contribution in [0.15, 0.2) is 54.6 Å². The Bertz CT molecular complexity index is 651. The first-order valence-corrected chi connectivity index (χ1v) is 7.82. The monoisotopic (exact) mass is 294 g/mol. The van der Waals surface area contributed by atoms with Crippen LogP contribution >= 0.6 is 0 Å². The van der Waals surface area contributed by atoms with Crippen LogP contribution in [0.25, 0.3) is 0 Å². The standard InChI is InChI=1S/C19H22N2O/c1-14(2)18-19(22)20-17-11-7-6-10-16(17)13-21(18)12-15-8-4-3-5-9-15/h3-11,14,18H,12-13H2,1-2H3,(H,20,22). The van der Waals surface area contributed by atoms with Crippen molar-refractivity contribution < 1.29 is 4.79 Å². The summed E-state index contributed by atoms with van der Waals surface area (Å²) in [6.45, 7) is 5.79. The molecule has 3 nitrogen and oxygen atoms in total. The van der Waals surface area contributed by atoms with Gasteiger partial charge in [-0.2, -0.15) is 0 Å². The third kappa shape index (κ3) is 3.04. The number of benzene rings is 2. The van der Waals surface area contributed by atoms with Gasteiger partial charge in [0.05, 0.1) is 6.04 Å². The number of nitrogens with one attached hydrogen (secondary N) is 1. The minimum Gasteiger partial charge on any atom is -0.324 e. The average Bonchev–Trinajstić information content (AvgIpc) is 2.63. The summed E-state index contributed by atoms with van der Waals surface area (Å²) in [5.41, 5.74) is 3.35. The lowest BCUT2D eigenvalue weighted by Gasteiger charge is -2.31. The number of amides is 1. The van der Waals surface area contributed by atoms with Crippen molar-refractivity contribution in [2.75, 3.05) is 5.32 Å². The third-order valence-corrected chi connectivity index (χ3v) is 4.17. The molecular formula is C19H22N2O. The van der Waals surface area contributed by atoms with E-state index in [1.54, 1.807) is 0 Å². The van der Waals surface area contributed by atoms with Gasteiger partial charge in [-0.05, 0) is 23.1 Å². The number of hydrogen-bond acceptors (Lipinski definition) is 2. The number of nitrogens with zero attached hydrogens (tertiary/aromatic N) is 1. The number of carbonyl (C=O) groups is 1. The van der Waals surface area contributed by atoms with E-state index in [0.29, 0.717) is 0 Å². The largest absolute Gasteiger partial charge is 0.324 e. The van der Waals surface area contributed by atoms with Crippen LogP contribution in [-0.2, 0) is 17.9 Å². The highest BCUT2D eigenvalue weighted by Crippen LogP contribution is 2.27. The molecule has 3 rings (SSSR count). The Hall–Kier alpha value is -2.13. The van der Waals surface area contributed by atoms with Gasteiger partial charge in [-0.3, -0.25) is 9.69 Å². The van der Waals surface area contributed by atoms with Crippen LogP contribution in [-0.4, -0.2) is 16.8 Å². The minimum atomic E-state index is -0.118. The second-order valence-electron chi connectivity index (χ2n) is 6.23. The summed E-state index contributed by atoms with van der Waals surface area (Å²) in [5.74, 6) is 0.355. The zero-order valence-electron chi connectivity index (χ0n) is 13.1. The van der Waals surface area contributed by atoms with Crippen LogP contribution in [0, 0.1) is 5.92 Å². The predicted octanol–water partition coefficient (Wildman–Crippen LogP) is 3.67. The lowest BCUT2D eigenvalue weighted by molar-refractivity contribution is -0.123. The van der Waals surface area contributed by atoms with Crippen LogP contribution in [0.2, 0.25) is 0 Å². The van der Waals surface area contributed by atoms with E-state index >= 15 is 0 Å². The van der Waals surface area contributed by atoms with Crippen molar-refractivity contribution >= 4 is 11.6 Å². The highest BCUT2D eigenvalue weighted by Gasteiger charge is 2.32. The Balaban J connectivity index is 1.94. The van der Waals surface area contributed by atoms with E-state index < -0.39 is 0 Å². The van der Waals surface area contributed by atoms with Gasteiger partial charge in [-0.1, -0.05) is 62.4 Å². The van der Waals surface area contributed by atoms with Crippen LogP contribution in [0.3, 0.4) is 0 Å². The van der Waals surface area contributed by atoms with E-state index in [1.807, 2.05) is 36.4 Å². The SMILES string of the molecule is CC(C)C1C(=O)Nc2ccccc2CN1Cc1ccccc1. The molecule has 1 atom stereocenters. The molecule has 1 N–H and O–H groups in total. The maximum atomic E-state index is 12.7. The molecular weight excluding hydrogens is 272 g/mol. The Labute approximate surface area is 132 Å². The normalized spacial score (nSPS) is 18.7. The van der Waals surface area contributed by atoms with Crippen LogP contribution in [0.4, 0.5) is 5.69 Å². The molecule has 1 amide bonds. The smallest absolute Gasteiger partial charge is 0.242 e. The maximum Gasteiger partial charge on any atom is 0.242 e. The van der Waals surface area contributed by atoms with Crippen molar-refractivity contribution in [1.82, 2.24) is 4.90 Å². The van der Waals surface area contributed by atoms with Gasteiger partial charge in [-0.15, -0.1) is 0 Å². The zero-order chi connectivity index (χ0) is 15.5. The molecule has 1 heterocycles. The van der Waals surface area contributed by atoms with Gasteiger partial charge in [0.1, 0.15) is 0 Å². The van der Waals surface area contributed by atoms with E-state index in [1.165, 1.54) is 11.1 Å². The molecule has 0 fully saturated rings. The van der Waals surface area contributed by atoms with E-state index in [9.17, 15) is 4.79 Å². The van der Waals surface area contributed by atoms with Gasteiger partial charge >= 0.3 is 0 Å². The number of fused-ring (bicyclic) bond motifs is 1. The molecule has 2 aromatic carbocycles. The first-order valence-electron chi connectivity index (χ1n) is 7.82.